The molecule has 0 saturated carbocycles. The molecule has 0 atom stereocenters. The molecule has 0 spiro atoms. The van der Waals surface area contributed by atoms with Gasteiger partial charge in [-0.15, -0.1) is 0 Å². The van der Waals surface area contributed by atoms with Gasteiger partial charge in [0.15, 0.2) is 5.82 Å². The average molecular weight is 351 g/mol. The molecule has 100 valence electrons. The topological polar surface area (TPSA) is 12.0 Å². The molecule has 6 heteroatoms. The van der Waals surface area contributed by atoms with Crippen molar-refractivity contribution >= 4 is 33.2 Å². The van der Waals surface area contributed by atoms with E-state index in [2.05, 4.69) is 21.2 Å². The number of nitrogens with one attached hydrogen (secondary N) is 1. The summed E-state index contributed by atoms with van der Waals surface area (Å²) in [5.41, 5.74) is 0.582. The van der Waals surface area contributed by atoms with E-state index in [1.165, 1.54) is 12.1 Å². The molecule has 0 unspecified atom stereocenters. The summed E-state index contributed by atoms with van der Waals surface area (Å²) < 4.78 is 40.2. The quantitative estimate of drug-likeness (QED) is 0.809. The molecule has 1 N–H and O–H groups in total. The normalized spacial score (nSPS) is 10.6. The maximum atomic E-state index is 13.5. The second-order valence-corrected chi connectivity index (χ2v) is 5.10. The summed E-state index contributed by atoms with van der Waals surface area (Å²) in [4.78, 5) is 0. The van der Waals surface area contributed by atoms with E-state index < -0.39 is 17.5 Å². The number of anilines is 1. The van der Waals surface area contributed by atoms with E-state index in [1.54, 1.807) is 6.07 Å². The summed E-state index contributed by atoms with van der Waals surface area (Å²) >= 11 is 9.00. The Morgan fingerprint density at radius 3 is 2.47 bits per heavy atom. The molecule has 19 heavy (non-hydrogen) atoms. The lowest BCUT2D eigenvalue weighted by Crippen LogP contribution is -2.03. The Balaban J connectivity index is 2.21. The zero-order chi connectivity index (χ0) is 14.0. The highest BCUT2D eigenvalue weighted by molar-refractivity contribution is 9.10. The van der Waals surface area contributed by atoms with E-state index >= 15 is 0 Å². The van der Waals surface area contributed by atoms with Gasteiger partial charge in [-0.25, -0.2) is 13.2 Å². The van der Waals surface area contributed by atoms with Crippen LogP contribution in [0.4, 0.5) is 18.9 Å². The van der Waals surface area contributed by atoms with Crippen molar-refractivity contribution in [1.29, 1.82) is 0 Å². The third-order valence-corrected chi connectivity index (χ3v) is 3.54. The Bertz CT molecular complexity index is 596. The predicted octanol–water partition coefficient (Wildman–Crippen LogP) is 5.13. The van der Waals surface area contributed by atoms with E-state index in [0.717, 1.165) is 12.1 Å². The van der Waals surface area contributed by atoms with Gasteiger partial charge in [-0.05, 0) is 29.8 Å². The second kappa shape index (κ2) is 5.84. The van der Waals surface area contributed by atoms with E-state index in [9.17, 15) is 13.2 Å². The molecule has 2 aromatic carbocycles. The van der Waals surface area contributed by atoms with Crippen LogP contribution in [0.5, 0.6) is 0 Å². The summed E-state index contributed by atoms with van der Waals surface area (Å²) in [5.74, 6) is -1.94. The number of rotatable bonds is 3. The van der Waals surface area contributed by atoms with Gasteiger partial charge in [-0.3, -0.25) is 0 Å². The van der Waals surface area contributed by atoms with Crippen molar-refractivity contribution in [2.45, 2.75) is 6.54 Å². The van der Waals surface area contributed by atoms with Crippen molar-refractivity contribution in [2.24, 2.45) is 0 Å². The van der Waals surface area contributed by atoms with Crippen LogP contribution >= 0.6 is 27.5 Å². The predicted molar refractivity (Wildman–Crippen MR) is 72.8 cm³/mol. The van der Waals surface area contributed by atoms with E-state index in [0.29, 0.717) is 10.0 Å². The summed E-state index contributed by atoms with van der Waals surface area (Å²) in [6.45, 7) is 0.153. The Kier molecular flexibility index (Phi) is 4.37. The molecule has 0 saturated heterocycles. The molecule has 0 aliphatic heterocycles. The first kappa shape index (κ1) is 14.2. The van der Waals surface area contributed by atoms with Gasteiger partial charge in [0.1, 0.15) is 11.6 Å². The van der Waals surface area contributed by atoms with Crippen LogP contribution < -0.4 is 5.32 Å². The standard InChI is InChI=1S/C13H8BrClF3N/c14-10-2-1-8(16)3-7(10)6-19-13-11(15)4-9(17)5-12(13)18/h1-5,19H,6H2. The van der Waals surface area contributed by atoms with Crippen molar-refractivity contribution in [3.63, 3.8) is 0 Å². The fourth-order valence-electron chi connectivity index (χ4n) is 1.57. The van der Waals surface area contributed by atoms with Crippen LogP contribution in [-0.2, 0) is 6.54 Å². The van der Waals surface area contributed by atoms with Crippen molar-refractivity contribution in [3.8, 4) is 0 Å². The van der Waals surface area contributed by atoms with Gasteiger partial charge >= 0.3 is 0 Å². The molecule has 1 nitrogen and oxygen atoms in total. The lowest BCUT2D eigenvalue weighted by molar-refractivity contribution is 0.585. The number of hydrogen-bond acceptors (Lipinski definition) is 1. The van der Waals surface area contributed by atoms with Crippen molar-refractivity contribution in [2.75, 3.05) is 5.32 Å². The van der Waals surface area contributed by atoms with Gasteiger partial charge < -0.3 is 5.32 Å². The molecule has 0 amide bonds. The summed E-state index contributed by atoms with van der Waals surface area (Å²) in [5, 5.41) is 2.66. The average Bonchev–Trinajstić information content (AvgIpc) is 2.32. The minimum Gasteiger partial charge on any atom is -0.377 e. The van der Waals surface area contributed by atoms with Crippen molar-refractivity contribution in [1.82, 2.24) is 0 Å². The monoisotopic (exact) mass is 349 g/mol. The molecular formula is C13H8BrClF3N. The SMILES string of the molecule is Fc1cc(F)c(NCc2cc(F)ccc2Br)c(Cl)c1. The van der Waals surface area contributed by atoms with Crippen molar-refractivity contribution in [3.05, 3.63) is 62.8 Å². The van der Waals surface area contributed by atoms with Gasteiger partial charge in [-0.1, -0.05) is 27.5 Å². The molecule has 0 aliphatic rings. The molecule has 2 rings (SSSR count). The molecule has 0 aliphatic carbocycles. The molecular weight excluding hydrogens is 343 g/mol. The molecule has 0 heterocycles. The number of halogens is 5. The van der Waals surface area contributed by atoms with Crippen LogP contribution in [0.3, 0.4) is 0 Å². The van der Waals surface area contributed by atoms with Crippen LogP contribution in [0.15, 0.2) is 34.8 Å². The fraction of sp³-hybridized carbons (Fsp3) is 0.0769. The van der Waals surface area contributed by atoms with E-state index in [1.807, 2.05) is 0 Å². The van der Waals surface area contributed by atoms with E-state index in [-0.39, 0.29) is 17.3 Å². The third kappa shape index (κ3) is 3.42. The first-order chi connectivity index (χ1) is 8.97. The van der Waals surface area contributed by atoms with Crippen LogP contribution in [0, 0.1) is 17.5 Å². The Hall–Kier alpha value is -1.20. The third-order valence-electron chi connectivity index (χ3n) is 2.47. The Morgan fingerprint density at radius 2 is 1.79 bits per heavy atom. The highest BCUT2D eigenvalue weighted by Gasteiger charge is 2.10. The second-order valence-electron chi connectivity index (χ2n) is 3.83. The minimum atomic E-state index is -0.794. The van der Waals surface area contributed by atoms with Crippen molar-refractivity contribution < 1.29 is 13.2 Å². The van der Waals surface area contributed by atoms with Gasteiger partial charge in [0.05, 0.1) is 10.7 Å². The summed E-state index contributed by atoms with van der Waals surface area (Å²) in [7, 11) is 0. The van der Waals surface area contributed by atoms with Crippen LogP contribution in [0.1, 0.15) is 5.56 Å². The Morgan fingerprint density at radius 1 is 1.05 bits per heavy atom. The van der Waals surface area contributed by atoms with E-state index in [4.69, 9.17) is 11.6 Å². The van der Waals surface area contributed by atoms with Gasteiger partial charge in [0, 0.05) is 17.1 Å². The first-order valence-corrected chi connectivity index (χ1v) is 6.47. The molecule has 0 radical (unpaired) electrons. The molecule has 2 aromatic rings. The smallest absolute Gasteiger partial charge is 0.150 e. The largest absolute Gasteiger partial charge is 0.377 e. The number of benzene rings is 2. The molecule has 0 bridgehead atoms. The fourth-order valence-corrected chi connectivity index (χ4v) is 2.22. The summed E-state index contributed by atoms with van der Waals surface area (Å²) in [6, 6.07) is 5.91. The Labute approximate surface area is 121 Å². The highest BCUT2D eigenvalue weighted by Crippen LogP contribution is 2.27. The minimum absolute atomic E-state index is 0.0146. The number of hydrogen-bond donors (Lipinski definition) is 1. The van der Waals surface area contributed by atoms with Gasteiger partial charge in [-0.2, -0.15) is 0 Å². The maximum Gasteiger partial charge on any atom is 0.150 e. The van der Waals surface area contributed by atoms with Crippen LogP contribution in [0.2, 0.25) is 5.02 Å². The lowest BCUT2D eigenvalue weighted by atomic mass is 10.2. The van der Waals surface area contributed by atoms with Gasteiger partial charge in [0.25, 0.3) is 0 Å². The molecule has 0 fully saturated rings. The van der Waals surface area contributed by atoms with Crippen LogP contribution in [0.25, 0.3) is 0 Å². The molecule has 0 aromatic heterocycles. The first-order valence-electron chi connectivity index (χ1n) is 5.29. The highest BCUT2D eigenvalue weighted by atomic mass is 79.9. The van der Waals surface area contributed by atoms with Crippen LogP contribution in [-0.4, -0.2) is 0 Å². The zero-order valence-corrected chi connectivity index (χ0v) is 11.8. The van der Waals surface area contributed by atoms with Gasteiger partial charge in [0.2, 0.25) is 0 Å². The lowest BCUT2D eigenvalue weighted by Gasteiger charge is -2.11. The maximum absolute atomic E-state index is 13.5. The zero-order valence-electron chi connectivity index (χ0n) is 9.48. The summed E-state index contributed by atoms with van der Waals surface area (Å²) in [6.07, 6.45) is 0.